The molecule has 2 aromatic rings. The van der Waals surface area contributed by atoms with Gasteiger partial charge in [0.1, 0.15) is 0 Å². The molecule has 1 saturated heterocycles. The fourth-order valence-electron chi connectivity index (χ4n) is 3.14. The molecule has 0 spiro atoms. The zero-order valence-corrected chi connectivity index (χ0v) is 11.8. The number of rotatable bonds is 4. The number of pyridine rings is 1. The SMILES string of the molecule is COCCN1CCC(N)C1c1cccc2cccnc12. The molecule has 4 heteroatoms. The number of hydrogen-bond donors (Lipinski definition) is 1. The highest BCUT2D eigenvalue weighted by atomic mass is 16.5. The van der Waals surface area contributed by atoms with Gasteiger partial charge in [-0.05, 0) is 18.1 Å². The number of para-hydroxylation sites is 1. The lowest BCUT2D eigenvalue weighted by atomic mass is 9.98. The van der Waals surface area contributed by atoms with E-state index in [2.05, 4.69) is 34.1 Å². The number of likely N-dealkylation sites (tertiary alicyclic amines) is 1. The maximum absolute atomic E-state index is 6.35. The van der Waals surface area contributed by atoms with E-state index in [-0.39, 0.29) is 12.1 Å². The van der Waals surface area contributed by atoms with Gasteiger partial charge in [0.2, 0.25) is 0 Å². The molecule has 0 radical (unpaired) electrons. The first-order valence-corrected chi connectivity index (χ1v) is 7.13. The van der Waals surface area contributed by atoms with E-state index in [0.717, 1.165) is 31.6 Å². The van der Waals surface area contributed by atoms with Crippen LogP contribution in [-0.4, -0.2) is 42.7 Å². The standard InChI is InChI=1S/C16H21N3O/c1-20-11-10-19-9-7-14(17)16(19)13-6-2-4-12-5-3-8-18-15(12)13/h2-6,8,14,16H,7,9-11,17H2,1H3. The molecule has 1 fully saturated rings. The molecule has 2 heterocycles. The highest BCUT2D eigenvalue weighted by Gasteiger charge is 2.33. The van der Waals surface area contributed by atoms with Crippen LogP contribution in [0.15, 0.2) is 36.5 Å². The molecule has 2 unspecified atom stereocenters. The summed E-state index contributed by atoms with van der Waals surface area (Å²) in [6, 6.07) is 10.8. The quantitative estimate of drug-likeness (QED) is 0.923. The first kappa shape index (κ1) is 13.5. The van der Waals surface area contributed by atoms with E-state index in [1.165, 1.54) is 10.9 Å². The van der Waals surface area contributed by atoms with Crippen molar-refractivity contribution < 1.29 is 4.74 Å². The van der Waals surface area contributed by atoms with E-state index in [1.807, 2.05) is 12.3 Å². The minimum Gasteiger partial charge on any atom is -0.383 e. The first-order valence-electron chi connectivity index (χ1n) is 7.13. The van der Waals surface area contributed by atoms with Crippen molar-refractivity contribution >= 4 is 10.9 Å². The Morgan fingerprint density at radius 1 is 1.35 bits per heavy atom. The lowest BCUT2D eigenvalue weighted by Gasteiger charge is -2.27. The minimum absolute atomic E-state index is 0.166. The smallest absolute Gasteiger partial charge is 0.0750 e. The average Bonchev–Trinajstić information content (AvgIpc) is 2.85. The first-order chi connectivity index (χ1) is 9.81. The number of ether oxygens (including phenoxy) is 1. The van der Waals surface area contributed by atoms with Crippen LogP contribution in [0, 0.1) is 0 Å². The Kier molecular flexibility index (Phi) is 3.96. The third-order valence-electron chi connectivity index (χ3n) is 4.11. The van der Waals surface area contributed by atoms with Gasteiger partial charge in [0.25, 0.3) is 0 Å². The summed E-state index contributed by atoms with van der Waals surface area (Å²) >= 11 is 0. The van der Waals surface area contributed by atoms with Gasteiger partial charge in [-0.25, -0.2) is 0 Å². The molecule has 20 heavy (non-hydrogen) atoms. The van der Waals surface area contributed by atoms with Crippen molar-refractivity contribution in [1.29, 1.82) is 0 Å². The maximum Gasteiger partial charge on any atom is 0.0750 e. The third kappa shape index (κ3) is 2.42. The van der Waals surface area contributed by atoms with Crippen molar-refractivity contribution in [1.82, 2.24) is 9.88 Å². The van der Waals surface area contributed by atoms with E-state index in [1.54, 1.807) is 7.11 Å². The monoisotopic (exact) mass is 271 g/mol. The fourth-order valence-corrected chi connectivity index (χ4v) is 3.14. The van der Waals surface area contributed by atoms with Crippen LogP contribution in [0.3, 0.4) is 0 Å². The van der Waals surface area contributed by atoms with Gasteiger partial charge in [-0.15, -0.1) is 0 Å². The van der Waals surface area contributed by atoms with Crippen LogP contribution in [0.5, 0.6) is 0 Å². The van der Waals surface area contributed by atoms with Crippen LogP contribution >= 0.6 is 0 Å². The van der Waals surface area contributed by atoms with Gasteiger partial charge in [-0.1, -0.05) is 24.3 Å². The van der Waals surface area contributed by atoms with Crippen molar-refractivity contribution in [3.63, 3.8) is 0 Å². The molecule has 0 saturated carbocycles. The molecule has 2 atom stereocenters. The molecule has 4 nitrogen and oxygen atoms in total. The van der Waals surface area contributed by atoms with E-state index < -0.39 is 0 Å². The molecule has 1 aromatic carbocycles. The lowest BCUT2D eigenvalue weighted by Crippen LogP contribution is -2.34. The minimum atomic E-state index is 0.166. The van der Waals surface area contributed by atoms with E-state index >= 15 is 0 Å². The summed E-state index contributed by atoms with van der Waals surface area (Å²) in [6.45, 7) is 2.68. The molecule has 1 aliphatic heterocycles. The number of nitrogens with zero attached hydrogens (tertiary/aromatic N) is 2. The summed E-state index contributed by atoms with van der Waals surface area (Å²) in [5.74, 6) is 0. The molecular weight excluding hydrogens is 250 g/mol. The van der Waals surface area contributed by atoms with Crippen molar-refractivity contribution in [3.05, 3.63) is 42.1 Å². The number of nitrogens with two attached hydrogens (primary N) is 1. The molecule has 2 N–H and O–H groups in total. The number of benzene rings is 1. The second-order valence-corrected chi connectivity index (χ2v) is 5.35. The largest absolute Gasteiger partial charge is 0.383 e. The van der Waals surface area contributed by atoms with Crippen LogP contribution in [0.4, 0.5) is 0 Å². The average molecular weight is 271 g/mol. The summed E-state index contributed by atoms with van der Waals surface area (Å²) in [6.07, 6.45) is 2.88. The van der Waals surface area contributed by atoms with Gasteiger partial charge in [0.05, 0.1) is 18.2 Å². The van der Waals surface area contributed by atoms with E-state index in [0.29, 0.717) is 0 Å². The summed E-state index contributed by atoms with van der Waals surface area (Å²) in [5, 5.41) is 1.18. The maximum atomic E-state index is 6.35. The lowest BCUT2D eigenvalue weighted by molar-refractivity contribution is 0.139. The Hall–Kier alpha value is -1.49. The highest BCUT2D eigenvalue weighted by molar-refractivity contribution is 5.82. The number of aromatic nitrogens is 1. The second kappa shape index (κ2) is 5.87. The van der Waals surface area contributed by atoms with Crippen LogP contribution in [-0.2, 0) is 4.74 Å². The number of methoxy groups -OCH3 is 1. The van der Waals surface area contributed by atoms with E-state index in [4.69, 9.17) is 10.5 Å². The number of hydrogen-bond acceptors (Lipinski definition) is 4. The van der Waals surface area contributed by atoms with Gasteiger partial charge in [0.15, 0.2) is 0 Å². The highest BCUT2D eigenvalue weighted by Crippen LogP contribution is 2.34. The Balaban J connectivity index is 1.99. The molecule has 1 aromatic heterocycles. The van der Waals surface area contributed by atoms with Gasteiger partial charge >= 0.3 is 0 Å². The van der Waals surface area contributed by atoms with Gasteiger partial charge in [-0.3, -0.25) is 9.88 Å². The second-order valence-electron chi connectivity index (χ2n) is 5.35. The van der Waals surface area contributed by atoms with Crippen LogP contribution < -0.4 is 5.73 Å². The Morgan fingerprint density at radius 2 is 2.20 bits per heavy atom. The predicted octanol–water partition coefficient (Wildman–Crippen LogP) is 1.96. The van der Waals surface area contributed by atoms with Crippen molar-refractivity contribution in [3.8, 4) is 0 Å². The van der Waals surface area contributed by atoms with Gasteiger partial charge in [0, 0.05) is 37.8 Å². The van der Waals surface area contributed by atoms with Crippen molar-refractivity contribution in [2.75, 3.05) is 26.8 Å². The summed E-state index contributed by atoms with van der Waals surface area (Å²) in [5.41, 5.74) is 8.66. The Morgan fingerprint density at radius 3 is 3.05 bits per heavy atom. The molecular formula is C16H21N3O. The van der Waals surface area contributed by atoms with Crippen molar-refractivity contribution in [2.45, 2.75) is 18.5 Å². The number of fused-ring (bicyclic) bond motifs is 1. The van der Waals surface area contributed by atoms with Gasteiger partial charge in [-0.2, -0.15) is 0 Å². The Labute approximate surface area is 119 Å². The molecule has 0 amide bonds. The zero-order chi connectivity index (χ0) is 13.9. The third-order valence-corrected chi connectivity index (χ3v) is 4.11. The Bertz CT molecular complexity index is 581. The molecule has 3 rings (SSSR count). The van der Waals surface area contributed by atoms with Crippen LogP contribution in [0.1, 0.15) is 18.0 Å². The normalized spacial score (nSPS) is 23.5. The fraction of sp³-hybridized carbons (Fsp3) is 0.438. The van der Waals surface area contributed by atoms with Crippen LogP contribution in [0.2, 0.25) is 0 Å². The van der Waals surface area contributed by atoms with Gasteiger partial charge < -0.3 is 10.5 Å². The van der Waals surface area contributed by atoms with Crippen molar-refractivity contribution in [2.24, 2.45) is 5.73 Å². The van der Waals surface area contributed by atoms with E-state index in [9.17, 15) is 0 Å². The summed E-state index contributed by atoms with van der Waals surface area (Å²) in [7, 11) is 1.74. The molecule has 106 valence electrons. The topological polar surface area (TPSA) is 51.4 Å². The summed E-state index contributed by atoms with van der Waals surface area (Å²) < 4.78 is 5.21. The molecule has 1 aliphatic rings. The predicted molar refractivity (Wildman–Crippen MR) is 80.5 cm³/mol. The van der Waals surface area contributed by atoms with Crippen LogP contribution in [0.25, 0.3) is 10.9 Å². The molecule has 0 aliphatic carbocycles. The zero-order valence-electron chi connectivity index (χ0n) is 11.8. The summed E-state index contributed by atoms with van der Waals surface area (Å²) in [4.78, 5) is 6.98. The molecule has 0 bridgehead atoms.